The largest absolute Gasteiger partial charge is 0.481 e. The average molecular weight is 428 g/mol. The summed E-state index contributed by atoms with van der Waals surface area (Å²) in [4.78, 5) is 24.8. The molecule has 1 fully saturated rings. The van der Waals surface area contributed by atoms with E-state index in [4.69, 9.17) is 5.11 Å². The molecule has 0 spiro atoms. The molecule has 1 aliphatic heterocycles. The number of thioether (sulfide) groups is 1. The maximum atomic E-state index is 12.3. The van der Waals surface area contributed by atoms with E-state index in [2.05, 4.69) is 19.9 Å². The van der Waals surface area contributed by atoms with Crippen LogP contribution in [0.3, 0.4) is 0 Å². The van der Waals surface area contributed by atoms with Gasteiger partial charge in [-0.05, 0) is 31.4 Å². The Morgan fingerprint density at radius 3 is 2.38 bits per heavy atom. The quantitative estimate of drug-likeness (QED) is 0.252. The van der Waals surface area contributed by atoms with Crippen molar-refractivity contribution in [2.75, 3.05) is 18.1 Å². The zero-order chi connectivity index (χ0) is 21.5. The van der Waals surface area contributed by atoms with Crippen molar-refractivity contribution in [1.29, 1.82) is 0 Å². The lowest BCUT2D eigenvalue weighted by molar-refractivity contribution is -0.137. The number of carboxylic acid groups (broad SMARTS) is 1. The van der Waals surface area contributed by atoms with E-state index in [-0.39, 0.29) is 18.4 Å². The van der Waals surface area contributed by atoms with Gasteiger partial charge in [0, 0.05) is 25.1 Å². The van der Waals surface area contributed by atoms with Gasteiger partial charge in [0.25, 0.3) is 0 Å². The van der Waals surface area contributed by atoms with E-state index in [0.717, 1.165) is 69.3 Å². The fraction of sp³-hybridized carbons (Fsp3) is 0.826. The molecule has 2 N–H and O–H groups in total. The van der Waals surface area contributed by atoms with Gasteiger partial charge in [-0.25, -0.2) is 0 Å². The Balaban J connectivity index is 2.55. The molecule has 6 heteroatoms. The number of likely N-dealkylation sites (tertiary alicyclic amines) is 1. The van der Waals surface area contributed by atoms with Gasteiger partial charge in [0.1, 0.15) is 0 Å². The molecule has 1 aliphatic rings. The lowest BCUT2D eigenvalue weighted by atomic mass is 9.89. The molecular weight excluding hydrogens is 386 g/mol. The zero-order valence-electron chi connectivity index (χ0n) is 18.4. The smallest absolute Gasteiger partial charge is 0.303 e. The fourth-order valence-electron chi connectivity index (χ4n) is 3.78. The van der Waals surface area contributed by atoms with Crippen LogP contribution in [0.25, 0.3) is 0 Å². The molecule has 0 aliphatic carbocycles. The average Bonchev–Trinajstić information content (AvgIpc) is 3.03. The standard InChI is InChI=1S/C23H41NO4S/c1-3-5-7-14-23(28,15-8-6-4-2)16-13-20-11-12-21(25)24(20)17-19-29-18-9-10-22(26)27/h13,16,20,28H,3-12,14-15,17-19H2,1-2H3,(H,26,27)/b16-13+. The summed E-state index contributed by atoms with van der Waals surface area (Å²) < 4.78 is 0. The van der Waals surface area contributed by atoms with Crippen molar-refractivity contribution in [2.45, 2.75) is 103 Å². The number of rotatable bonds is 17. The van der Waals surface area contributed by atoms with Crippen LogP contribution in [0, 0.1) is 0 Å². The minimum Gasteiger partial charge on any atom is -0.481 e. The number of unbranched alkanes of at least 4 members (excludes halogenated alkanes) is 4. The summed E-state index contributed by atoms with van der Waals surface area (Å²) in [5.41, 5.74) is -0.757. The van der Waals surface area contributed by atoms with E-state index in [9.17, 15) is 14.7 Å². The van der Waals surface area contributed by atoms with Crippen LogP contribution in [0.5, 0.6) is 0 Å². The monoisotopic (exact) mass is 427 g/mol. The predicted molar refractivity (Wildman–Crippen MR) is 121 cm³/mol. The molecule has 0 saturated carbocycles. The summed E-state index contributed by atoms with van der Waals surface area (Å²) in [6, 6.07) is 0.0750. The second-order valence-corrected chi connectivity index (χ2v) is 9.40. The molecule has 1 heterocycles. The highest BCUT2D eigenvalue weighted by molar-refractivity contribution is 7.99. The minimum absolute atomic E-state index is 0.0750. The van der Waals surface area contributed by atoms with Gasteiger partial charge in [0.05, 0.1) is 11.6 Å². The molecule has 1 amide bonds. The van der Waals surface area contributed by atoms with Crippen LogP contribution in [0.2, 0.25) is 0 Å². The molecule has 5 nitrogen and oxygen atoms in total. The number of amides is 1. The van der Waals surface area contributed by atoms with Crippen LogP contribution in [0.1, 0.15) is 90.9 Å². The highest BCUT2D eigenvalue weighted by Crippen LogP contribution is 2.27. The highest BCUT2D eigenvalue weighted by atomic mass is 32.2. The summed E-state index contributed by atoms with van der Waals surface area (Å²) in [7, 11) is 0. The van der Waals surface area contributed by atoms with Crippen molar-refractivity contribution in [3.8, 4) is 0 Å². The van der Waals surface area contributed by atoms with E-state index < -0.39 is 11.6 Å². The van der Waals surface area contributed by atoms with Crippen LogP contribution in [0.4, 0.5) is 0 Å². The van der Waals surface area contributed by atoms with Gasteiger partial charge in [-0.3, -0.25) is 9.59 Å². The molecule has 1 atom stereocenters. The first-order valence-electron chi connectivity index (χ1n) is 11.4. The van der Waals surface area contributed by atoms with Crippen molar-refractivity contribution in [3.05, 3.63) is 12.2 Å². The first-order chi connectivity index (χ1) is 13.9. The zero-order valence-corrected chi connectivity index (χ0v) is 19.2. The maximum Gasteiger partial charge on any atom is 0.303 e. The van der Waals surface area contributed by atoms with Gasteiger partial charge in [-0.1, -0.05) is 64.5 Å². The SMILES string of the molecule is CCCCCC(O)(/C=C/C1CCC(=O)N1CCSCCCC(=O)O)CCCCC. The van der Waals surface area contributed by atoms with E-state index in [1.165, 1.54) is 0 Å². The highest BCUT2D eigenvalue weighted by Gasteiger charge is 2.30. The second-order valence-electron chi connectivity index (χ2n) is 8.18. The number of hydrogen-bond acceptors (Lipinski definition) is 4. The molecule has 0 aromatic carbocycles. The number of hydrogen-bond donors (Lipinski definition) is 2. The number of carbonyl (C=O) groups is 2. The molecule has 0 aromatic heterocycles. The summed E-state index contributed by atoms with van der Waals surface area (Å²) in [5, 5.41) is 19.8. The van der Waals surface area contributed by atoms with Crippen LogP contribution in [-0.4, -0.2) is 56.7 Å². The topological polar surface area (TPSA) is 77.8 Å². The normalized spacial score (nSPS) is 17.6. The number of aliphatic carboxylic acids is 1. The Hall–Kier alpha value is -1.01. The second kappa shape index (κ2) is 14.9. The van der Waals surface area contributed by atoms with Crippen molar-refractivity contribution in [2.24, 2.45) is 0 Å². The fourth-order valence-corrected chi connectivity index (χ4v) is 4.66. The van der Waals surface area contributed by atoms with E-state index in [1.54, 1.807) is 11.8 Å². The third kappa shape index (κ3) is 11.1. The molecule has 1 rings (SSSR count). The molecule has 1 unspecified atom stereocenters. The van der Waals surface area contributed by atoms with Crippen molar-refractivity contribution >= 4 is 23.6 Å². The number of nitrogens with zero attached hydrogens (tertiary/aromatic N) is 1. The van der Waals surface area contributed by atoms with Gasteiger partial charge in [0.2, 0.25) is 5.91 Å². The van der Waals surface area contributed by atoms with Gasteiger partial charge in [0.15, 0.2) is 0 Å². The van der Waals surface area contributed by atoms with Crippen LogP contribution >= 0.6 is 11.8 Å². The molecular formula is C23H41NO4S. The Morgan fingerprint density at radius 1 is 1.14 bits per heavy atom. The lowest BCUT2D eigenvalue weighted by Crippen LogP contribution is -2.34. The van der Waals surface area contributed by atoms with E-state index in [0.29, 0.717) is 19.4 Å². The summed E-state index contributed by atoms with van der Waals surface area (Å²) in [5.74, 6) is 1.07. The Morgan fingerprint density at radius 2 is 1.79 bits per heavy atom. The van der Waals surface area contributed by atoms with Crippen molar-refractivity contribution in [3.63, 3.8) is 0 Å². The van der Waals surface area contributed by atoms with Gasteiger partial charge >= 0.3 is 5.97 Å². The number of aliphatic hydroxyl groups is 1. The third-order valence-corrected chi connectivity index (χ3v) is 6.63. The maximum absolute atomic E-state index is 12.3. The molecule has 168 valence electrons. The predicted octanol–water partition coefficient (Wildman–Crippen LogP) is 5.02. The molecule has 0 radical (unpaired) electrons. The lowest BCUT2D eigenvalue weighted by Gasteiger charge is -2.27. The summed E-state index contributed by atoms with van der Waals surface area (Å²) >= 11 is 1.71. The first-order valence-corrected chi connectivity index (χ1v) is 12.6. The summed E-state index contributed by atoms with van der Waals surface area (Å²) in [6.45, 7) is 5.04. The first kappa shape index (κ1) is 26.0. The van der Waals surface area contributed by atoms with Gasteiger partial charge in [-0.15, -0.1) is 0 Å². The Bertz CT molecular complexity index is 499. The van der Waals surface area contributed by atoms with Gasteiger partial charge in [-0.2, -0.15) is 11.8 Å². The Kier molecular flexibility index (Phi) is 13.4. The molecule has 0 bridgehead atoms. The molecule has 29 heavy (non-hydrogen) atoms. The Labute approximate surface area is 181 Å². The third-order valence-electron chi connectivity index (χ3n) is 5.59. The number of carbonyl (C=O) groups excluding carboxylic acids is 1. The number of carboxylic acids is 1. The van der Waals surface area contributed by atoms with Crippen molar-refractivity contribution in [1.82, 2.24) is 4.90 Å². The van der Waals surface area contributed by atoms with Crippen molar-refractivity contribution < 1.29 is 19.8 Å². The van der Waals surface area contributed by atoms with Crippen LogP contribution in [0.15, 0.2) is 12.2 Å². The molecule has 1 saturated heterocycles. The van der Waals surface area contributed by atoms with Crippen LogP contribution < -0.4 is 0 Å². The minimum atomic E-state index is -0.757. The summed E-state index contributed by atoms with van der Waals surface area (Å²) in [6.07, 6.45) is 14.5. The van der Waals surface area contributed by atoms with E-state index >= 15 is 0 Å². The molecule has 0 aromatic rings. The van der Waals surface area contributed by atoms with E-state index in [1.807, 2.05) is 11.0 Å². The van der Waals surface area contributed by atoms with Gasteiger partial charge < -0.3 is 15.1 Å². The van der Waals surface area contributed by atoms with Crippen LogP contribution in [-0.2, 0) is 9.59 Å².